The van der Waals surface area contributed by atoms with Gasteiger partial charge in [-0.25, -0.2) is 4.79 Å². The molecule has 5 heteroatoms. The van der Waals surface area contributed by atoms with Gasteiger partial charge in [-0.15, -0.1) is 0 Å². The Bertz CT molecular complexity index is 793. The molecule has 2 aliphatic carbocycles. The van der Waals surface area contributed by atoms with Gasteiger partial charge in [0, 0.05) is 11.6 Å². The SMILES string of the molecule is O=C(O)c1ccc2c(c1)C(N1CC3=C(C1=O)C(Cl)=CCC3)CC2. The summed E-state index contributed by atoms with van der Waals surface area (Å²) < 4.78 is 0. The van der Waals surface area contributed by atoms with Gasteiger partial charge in [-0.2, -0.15) is 0 Å². The van der Waals surface area contributed by atoms with Crippen molar-refractivity contribution in [2.75, 3.05) is 6.54 Å². The summed E-state index contributed by atoms with van der Waals surface area (Å²) in [5, 5.41) is 9.78. The van der Waals surface area contributed by atoms with Crippen molar-refractivity contribution in [3.63, 3.8) is 0 Å². The van der Waals surface area contributed by atoms with Gasteiger partial charge >= 0.3 is 5.97 Å². The van der Waals surface area contributed by atoms with Crippen LogP contribution in [0, 0.1) is 0 Å². The van der Waals surface area contributed by atoms with Crippen LogP contribution in [0.1, 0.15) is 46.8 Å². The number of allylic oxidation sites excluding steroid dienone is 1. The summed E-state index contributed by atoms with van der Waals surface area (Å²) in [6, 6.07) is 5.18. The van der Waals surface area contributed by atoms with Crippen LogP contribution in [0.5, 0.6) is 0 Å². The third-order valence-electron chi connectivity index (χ3n) is 5.01. The average Bonchev–Trinajstić information content (AvgIpc) is 3.08. The highest BCUT2D eigenvalue weighted by atomic mass is 35.5. The van der Waals surface area contributed by atoms with E-state index >= 15 is 0 Å². The van der Waals surface area contributed by atoms with Crippen LogP contribution < -0.4 is 0 Å². The van der Waals surface area contributed by atoms with Crippen molar-refractivity contribution in [3.8, 4) is 0 Å². The Morgan fingerprint density at radius 3 is 2.87 bits per heavy atom. The van der Waals surface area contributed by atoms with E-state index in [1.165, 1.54) is 0 Å². The van der Waals surface area contributed by atoms with Crippen LogP contribution in [-0.2, 0) is 11.2 Å². The van der Waals surface area contributed by atoms with E-state index in [2.05, 4.69) is 0 Å². The van der Waals surface area contributed by atoms with Gasteiger partial charge in [0.1, 0.15) is 0 Å². The smallest absolute Gasteiger partial charge is 0.335 e. The second kappa shape index (κ2) is 5.24. The molecule has 23 heavy (non-hydrogen) atoms. The molecule has 1 atom stereocenters. The first-order valence-corrected chi connectivity index (χ1v) is 8.19. The van der Waals surface area contributed by atoms with E-state index in [0.717, 1.165) is 42.4 Å². The lowest BCUT2D eigenvalue weighted by Gasteiger charge is -2.26. The molecule has 3 aliphatic rings. The van der Waals surface area contributed by atoms with E-state index in [-0.39, 0.29) is 17.5 Å². The molecule has 1 aromatic carbocycles. The number of fused-ring (bicyclic) bond motifs is 1. The van der Waals surface area contributed by atoms with Crippen LogP contribution >= 0.6 is 11.6 Å². The van der Waals surface area contributed by atoms with E-state index < -0.39 is 5.97 Å². The van der Waals surface area contributed by atoms with Gasteiger partial charge in [-0.3, -0.25) is 4.79 Å². The zero-order valence-electron chi connectivity index (χ0n) is 12.5. The van der Waals surface area contributed by atoms with Crippen molar-refractivity contribution in [1.82, 2.24) is 4.90 Å². The molecule has 1 heterocycles. The van der Waals surface area contributed by atoms with Crippen LogP contribution in [-0.4, -0.2) is 28.4 Å². The number of hydrogen-bond donors (Lipinski definition) is 1. The van der Waals surface area contributed by atoms with Gasteiger partial charge in [-0.1, -0.05) is 23.7 Å². The van der Waals surface area contributed by atoms with Crippen molar-refractivity contribution >= 4 is 23.5 Å². The number of aromatic carboxylic acids is 1. The van der Waals surface area contributed by atoms with E-state index in [4.69, 9.17) is 11.6 Å². The number of carboxylic acids is 1. The molecule has 1 amide bonds. The standard InChI is InChI=1S/C18H16ClNO3/c19-14-3-1-2-12-9-20(17(21)16(12)14)15-7-6-10-4-5-11(18(22)23)8-13(10)15/h3-5,8,15H,1-2,6-7,9H2,(H,22,23). The highest BCUT2D eigenvalue weighted by Crippen LogP contribution is 2.43. The lowest BCUT2D eigenvalue weighted by atomic mass is 10.00. The molecule has 0 saturated heterocycles. The second-order valence-electron chi connectivity index (χ2n) is 6.28. The summed E-state index contributed by atoms with van der Waals surface area (Å²) in [6.45, 7) is 0.611. The van der Waals surface area contributed by atoms with Gasteiger partial charge in [0.15, 0.2) is 0 Å². The number of carboxylic acid groups (broad SMARTS) is 1. The summed E-state index contributed by atoms with van der Waals surface area (Å²) in [7, 11) is 0. The number of halogens is 1. The maximum atomic E-state index is 12.8. The largest absolute Gasteiger partial charge is 0.478 e. The number of nitrogens with zero attached hydrogens (tertiary/aromatic N) is 1. The summed E-state index contributed by atoms with van der Waals surface area (Å²) in [5.41, 5.74) is 4.17. The van der Waals surface area contributed by atoms with Crippen LogP contribution in [0.3, 0.4) is 0 Å². The van der Waals surface area contributed by atoms with Gasteiger partial charge in [0.25, 0.3) is 5.91 Å². The number of benzene rings is 1. The Balaban J connectivity index is 1.68. The van der Waals surface area contributed by atoms with Crippen molar-refractivity contribution < 1.29 is 14.7 Å². The Morgan fingerprint density at radius 1 is 1.30 bits per heavy atom. The van der Waals surface area contributed by atoms with Crippen molar-refractivity contribution in [3.05, 3.63) is 57.1 Å². The zero-order valence-corrected chi connectivity index (χ0v) is 13.3. The third kappa shape index (κ3) is 2.20. The lowest BCUT2D eigenvalue weighted by Crippen LogP contribution is -2.30. The fourth-order valence-electron chi connectivity index (χ4n) is 3.89. The summed E-state index contributed by atoms with van der Waals surface area (Å²) >= 11 is 6.23. The monoisotopic (exact) mass is 329 g/mol. The molecule has 1 N–H and O–H groups in total. The first-order valence-electron chi connectivity index (χ1n) is 7.81. The zero-order chi connectivity index (χ0) is 16.1. The van der Waals surface area contributed by atoms with Gasteiger partial charge < -0.3 is 10.0 Å². The number of aryl methyl sites for hydroxylation is 1. The molecule has 0 bridgehead atoms. The van der Waals surface area contributed by atoms with E-state index in [9.17, 15) is 14.7 Å². The average molecular weight is 330 g/mol. The van der Waals surface area contributed by atoms with Crippen LogP contribution in [0.2, 0.25) is 0 Å². The molecule has 0 saturated carbocycles. The number of carbonyl (C=O) groups is 2. The van der Waals surface area contributed by atoms with Crippen LogP contribution in [0.15, 0.2) is 40.5 Å². The van der Waals surface area contributed by atoms with E-state index in [0.29, 0.717) is 17.2 Å². The van der Waals surface area contributed by atoms with Crippen LogP contribution in [0.4, 0.5) is 0 Å². The molecule has 0 fully saturated rings. The Hall–Kier alpha value is -2.07. The molecule has 118 valence electrons. The first kappa shape index (κ1) is 14.5. The van der Waals surface area contributed by atoms with Crippen molar-refractivity contribution in [1.29, 1.82) is 0 Å². The summed E-state index contributed by atoms with van der Waals surface area (Å²) in [4.78, 5) is 25.9. The van der Waals surface area contributed by atoms with Gasteiger partial charge in [0.05, 0.1) is 17.2 Å². The summed E-state index contributed by atoms with van der Waals surface area (Å²) in [5.74, 6) is -0.950. The number of carbonyl (C=O) groups excluding carboxylic acids is 1. The number of amides is 1. The summed E-state index contributed by atoms with van der Waals surface area (Å²) in [6.07, 6.45) is 5.38. The Kier molecular flexibility index (Phi) is 3.31. The maximum Gasteiger partial charge on any atom is 0.335 e. The molecule has 1 aromatic rings. The lowest BCUT2D eigenvalue weighted by molar-refractivity contribution is -0.127. The molecule has 0 spiro atoms. The molecule has 4 nitrogen and oxygen atoms in total. The molecular weight excluding hydrogens is 314 g/mol. The van der Waals surface area contributed by atoms with Crippen molar-refractivity contribution in [2.24, 2.45) is 0 Å². The maximum absolute atomic E-state index is 12.8. The van der Waals surface area contributed by atoms with Crippen LogP contribution in [0.25, 0.3) is 0 Å². The van der Waals surface area contributed by atoms with Gasteiger partial charge in [0.2, 0.25) is 0 Å². The molecule has 0 radical (unpaired) electrons. The fraction of sp³-hybridized carbons (Fsp3) is 0.333. The fourth-order valence-corrected chi connectivity index (χ4v) is 4.21. The molecular formula is C18H16ClNO3. The highest BCUT2D eigenvalue weighted by molar-refractivity contribution is 6.36. The minimum Gasteiger partial charge on any atom is -0.478 e. The normalized spacial score (nSPS) is 23.0. The highest BCUT2D eigenvalue weighted by Gasteiger charge is 2.39. The van der Waals surface area contributed by atoms with E-state index in [1.807, 2.05) is 17.0 Å². The molecule has 0 aromatic heterocycles. The third-order valence-corrected chi connectivity index (χ3v) is 5.36. The van der Waals surface area contributed by atoms with Gasteiger partial charge in [-0.05, 0) is 54.5 Å². The topological polar surface area (TPSA) is 57.6 Å². The second-order valence-corrected chi connectivity index (χ2v) is 6.68. The quantitative estimate of drug-likeness (QED) is 0.904. The molecule has 1 unspecified atom stereocenters. The van der Waals surface area contributed by atoms with Crippen molar-refractivity contribution in [2.45, 2.75) is 31.7 Å². The molecule has 1 aliphatic heterocycles. The molecule has 4 rings (SSSR count). The minimum absolute atomic E-state index is 0.0143. The number of hydrogen-bond acceptors (Lipinski definition) is 2. The Morgan fingerprint density at radius 2 is 2.13 bits per heavy atom. The van der Waals surface area contributed by atoms with E-state index in [1.54, 1.807) is 12.1 Å². The predicted octanol–water partition coefficient (Wildman–Crippen LogP) is 3.43. The first-order chi connectivity index (χ1) is 11.1. The predicted molar refractivity (Wildman–Crippen MR) is 86.4 cm³/mol. The number of rotatable bonds is 2. The Labute approximate surface area is 139 Å². The minimum atomic E-state index is -0.936.